The number of carbonyl (C=O) groups excluding carboxylic acids is 2. The highest BCUT2D eigenvalue weighted by Gasteiger charge is 2.34. The van der Waals surface area contributed by atoms with Crippen LogP contribution in [0.5, 0.6) is 0 Å². The Morgan fingerprint density at radius 2 is 2.06 bits per heavy atom. The van der Waals surface area contributed by atoms with Gasteiger partial charge in [-0.15, -0.1) is 0 Å². The van der Waals surface area contributed by atoms with Gasteiger partial charge in [0.25, 0.3) is 0 Å². The zero-order chi connectivity index (χ0) is 23.5. The number of hydrazine groups is 2. The van der Waals surface area contributed by atoms with E-state index in [0.29, 0.717) is 23.4 Å². The average Bonchev–Trinajstić information content (AvgIpc) is 3.45. The minimum atomic E-state index is -0.556. The van der Waals surface area contributed by atoms with Crippen molar-refractivity contribution in [2.24, 2.45) is 10.8 Å². The second-order valence-electron chi connectivity index (χ2n) is 8.10. The molecule has 9 nitrogen and oxygen atoms in total. The number of ether oxygens (including phenoxy) is 1. The zero-order valence-corrected chi connectivity index (χ0v) is 18.6. The van der Waals surface area contributed by atoms with Crippen LogP contribution in [0.25, 0.3) is 11.1 Å². The van der Waals surface area contributed by atoms with Crippen molar-refractivity contribution in [1.29, 1.82) is 0 Å². The van der Waals surface area contributed by atoms with Crippen LogP contribution in [0.3, 0.4) is 0 Å². The Bertz CT molecular complexity index is 1070. The highest BCUT2D eigenvalue weighted by atomic mass is 19.1. The molecule has 2 aromatic carbocycles. The lowest BCUT2D eigenvalue weighted by molar-refractivity contribution is -0.119. The zero-order valence-electron chi connectivity index (χ0n) is 18.6. The third-order valence-electron chi connectivity index (χ3n) is 5.71. The average molecular weight is 455 g/mol. The lowest BCUT2D eigenvalue weighted by Crippen LogP contribution is -2.45. The van der Waals surface area contributed by atoms with Crippen molar-refractivity contribution >= 4 is 24.0 Å². The normalized spacial score (nSPS) is 17.7. The first-order valence-electron chi connectivity index (χ1n) is 10.7. The number of cyclic esters (lactones) is 1. The van der Waals surface area contributed by atoms with Crippen molar-refractivity contribution in [2.45, 2.75) is 26.5 Å². The monoisotopic (exact) mass is 454 g/mol. The second-order valence-corrected chi connectivity index (χ2v) is 8.10. The molecule has 0 spiro atoms. The highest BCUT2D eigenvalue weighted by Crippen LogP contribution is 2.33. The standard InChI is InChI=1S/C23H27FN6O3/c1-15-21(29-13-19(33-23(29)32)11-27-16(2)31)8-7-20(22(15)24)18-5-3-17(4-6-18)12-30(25)28-10-9-26-14-28/h3-8,14,19H,9-13,25H2,1-2H3,(H,27,31)/t19-/m0/s1. The van der Waals surface area contributed by atoms with Gasteiger partial charge in [-0.25, -0.2) is 9.18 Å². The SMILES string of the molecule is CC(=O)NC[C@H]1CN(c2ccc(-c3ccc(CN(N)N4C=NCC4)cc3)c(F)c2C)C(=O)O1. The van der Waals surface area contributed by atoms with Crippen LogP contribution >= 0.6 is 0 Å². The fraction of sp³-hybridized carbons (Fsp3) is 0.348. The number of hydrogen-bond donors (Lipinski definition) is 2. The van der Waals surface area contributed by atoms with Gasteiger partial charge in [0.1, 0.15) is 18.3 Å². The Labute approximate surface area is 191 Å². The molecule has 2 amide bonds. The van der Waals surface area contributed by atoms with E-state index in [1.54, 1.807) is 30.5 Å². The maximum absolute atomic E-state index is 15.3. The number of halogens is 1. The molecule has 0 radical (unpaired) electrons. The second kappa shape index (κ2) is 9.55. The number of benzene rings is 2. The number of nitrogens with one attached hydrogen (secondary N) is 1. The van der Waals surface area contributed by atoms with Crippen molar-refractivity contribution < 1.29 is 18.7 Å². The molecular formula is C23H27FN6O3. The number of aliphatic imine (C=N–C) groups is 1. The summed E-state index contributed by atoms with van der Waals surface area (Å²) in [6.45, 7) is 5.48. The summed E-state index contributed by atoms with van der Waals surface area (Å²) in [5.41, 5.74) is 2.97. The summed E-state index contributed by atoms with van der Waals surface area (Å²) in [4.78, 5) is 29.0. The minimum Gasteiger partial charge on any atom is -0.442 e. The third-order valence-corrected chi connectivity index (χ3v) is 5.71. The third kappa shape index (κ3) is 4.96. The lowest BCUT2D eigenvalue weighted by Gasteiger charge is -2.25. The molecule has 2 aromatic rings. The fourth-order valence-electron chi connectivity index (χ4n) is 3.90. The van der Waals surface area contributed by atoms with Crippen LogP contribution < -0.4 is 16.1 Å². The smallest absolute Gasteiger partial charge is 0.414 e. The van der Waals surface area contributed by atoms with Gasteiger partial charge in [0.2, 0.25) is 5.91 Å². The van der Waals surface area contributed by atoms with Gasteiger partial charge in [-0.05, 0) is 30.2 Å². The van der Waals surface area contributed by atoms with Crippen LogP contribution in [0, 0.1) is 12.7 Å². The summed E-state index contributed by atoms with van der Waals surface area (Å²) in [5.74, 6) is 5.48. The fourth-order valence-corrected chi connectivity index (χ4v) is 3.90. The molecule has 0 aromatic heterocycles. The molecule has 10 heteroatoms. The maximum atomic E-state index is 15.3. The molecule has 3 N–H and O–H groups in total. The Kier molecular flexibility index (Phi) is 6.57. The molecule has 33 heavy (non-hydrogen) atoms. The largest absolute Gasteiger partial charge is 0.442 e. The molecule has 0 aliphatic carbocycles. The van der Waals surface area contributed by atoms with E-state index in [0.717, 1.165) is 24.2 Å². The van der Waals surface area contributed by atoms with Crippen LogP contribution in [-0.2, 0) is 16.1 Å². The van der Waals surface area contributed by atoms with Gasteiger partial charge in [0, 0.05) is 18.1 Å². The molecule has 2 aliphatic heterocycles. The van der Waals surface area contributed by atoms with Gasteiger partial charge in [0.15, 0.2) is 0 Å². The van der Waals surface area contributed by atoms with Gasteiger partial charge in [-0.2, -0.15) is 5.12 Å². The van der Waals surface area contributed by atoms with Gasteiger partial charge < -0.3 is 10.1 Å². The summed E-state index contributed by atoms with van der Waals surface area (Å²) in [6, 6.07) is 10.9. The molecule has 1 saturated heterocycles. The van der Waals surface area contributed by atoms with E-state index in [4.69, 9.17) is 10.6 Å². The molecule has 1 atom stereocenters. The first-order valence-corrected chi connectivity index (χ1v) is 10.7. The number of hydrogen-bond acceptors (Lipinski definition) is 7. The summed E-state index contributed by atoms with van der Waals surface area (Å²) in [5, 5.41) is 6.08. The van der Waals surface area contributed by atoms with Crippen molar-refractivity contribution in [1.82, 2.24) is 15.4 Å². The van der Waals surface area contributed by atoms with Gasteiger partial charge in [-0.1, -0.05) is 24.3 Å². The van der Waals surface area contributed by atoms with E-state index in [1.165, 1.54) is 11.8 Å². The summed E-state index contributed by atoms with van der Waals surface area (Å²) < 4.78 is 20.6. The minimum absolute atomic E-state index is 0.203. The van der Waals surface area contributed by atoms with Gasteiger partial charge in [0.05, 0.1) is 38.4 Å². The summed E-state index contributed by atoms with van der Waals surface area (Å²) in [7, 11) is 0. The van der Waals surface area contributed by atoms with Crippen molar-refractivity contribution in [3.8, 4) is 11.1 Å². The van der Waals surface area contributed by atoms with Crippen molar-refractivity contribution in [3.63, 3.8) is 0 Å². The molecule has 2 heterocycles. The topological polar surface area (TPSA) is 104 Å². The molecule has 1 fully saturated rings. The number of rotatable bonds is 7. The van der Waals surface area contributed by atoms with Crippen LogP contribution in [-0.4, -0.2) is 60.7 Å². The van der Waals surface area contributed by atoms with E-state index >= 15 is 4.39 Å². The van der Waals surface area contributed by atoms with Crippen LogP contribution in [0.2, 0.25) is 0 Å². The number of anilines is 1. The Morgan fingerprint density at radius 3 is 2.73 bits per heavy atom. The van der Waals surface area contributed by atoms with Crippen molar-refractivity contribution in [2.75, 3.05) is 31.1 Å². The number of nitrogens with zero attached hydrogens (tertiary/aromatic N) is 4. The predicted molar refractivity (Wildman–Crippen MR) is 123 cm³/mol. The molecule has 174 valence electrons. The molecule has 0 unspecified atom stereocenters. The van der Waals surface area contributed by atoms with E-state index in [2.05, 4.69) is 10.3 Å². The Balaban J connectivity index is 1.47. The Morgan fingerprint density at radius 1 is 1.30 bits per heavy atom. The molecule has 2 aliphatic rings. The van der Waals surface area contributed by atoms with Crippen LogP contribution in [0.15, 0.2) is 41.4 Å². The number of nitrogens with two attached hydrogens (primary N) is 1. The van der Waals surface area contributed by atoms with Crippen LogP contribution in [0.4, 0.5) is 14.9 Å². The maximum Gasteiger partial charge on any atom is 0.414 e. The molecule has 4 rings (SSSR count). The van der Waals surface area contributed by atoms with E-state index < -0.39 is 18.0 Å². The van der Waals surface area contributed by atoms with Gasteiger partial charge in [-0.3, -0.25) is 25.5 Å². The molecular weight excluding hydrogens is 427 g/mol. The first kappa shape index (κ1) is 22.7. The number of amides is 2. The highest BCUT2D eigenvalue weighted by molar-refractivity contribution is 5.91. The number of carbonyl (C=O) groups is 2. The van der Waals surface area contributed by atoms with Gasteiger partial charge >= 0.3 is 6.09 Å². The Hall–Kier alpha value is -3.50. The summed E-state index contributed by atoms with van der Waals surface area (Å²) >= 11 is 0. The lowest BCUT2D eigenvalue weighted by atomic mass is 9.99. The van der Waals surface area contributed by atoms with E-state index in [1.807, 2.05) is 29.3 Å². The molecule has 0 bridgehead atoms. The first-order chi connectivity index (χ1) is 15.8. The quantitative estimate of drug-likeness (QED) is 0.491. The van der Waals surface area contributed by atoms with Crippen LogP contribution in [0.1, 0.15) is 18.1 Å². The van der Waals surface area contributed by atoms with E-state index in [-0.39, 0.29) is 19.0 Å². The van der Waals surface area contributed by atoms with Crippen molar-refractivity contribution in [3.05, 3.63) is 53.3 Å². The molecule has 0 saturated carbocycles. The predicted octanol–water partition coefficient (Wildman–Crippen LogP) is 2.20. The summed E-state index contributed by atoms with van der Waals surface area (Å²) in [6.07, 6.45) is 0.677. The van der Waals surface area contributed by atoms with E-state index in [9.17, 15) is 9.59 Å².